The molecule has 3 heteroatoms. The van der Waals surface area contributed by atoms with Crippen LogP contribution in [0, 0.1) is 5.82 Å². The SMILES string of the molecule is CN1CCNCCC1c1ccccc1F. The van der Waals surface area contributed by atoms with Crippen molar-refractivity contribution in [3.8, 4) is 0 Å². The lowest BCUT2D eigenvalue weighted by molar-refractivity contribution is 0.252. The topological polar surface area (TPSA) is 15.3 Å². The summed E-state index contributed by atoms with van der Waals surface area (Å²) in [4.78, 5) is 2.22. The molecule has 1 fully saturated rings. The van der Waals surface area contributed by atoms with Crippen molar-refractivity contribution < 1.29 is 4.39 Å². The lowest BCUT2D eigenvalue weighted by Crippen LogP contribution is -2.27. The highest BCUT2D eigenvalue weighted by atomic mass is 19.1. The summed E-state index contributed by atoms with van der Waals surface area (Å²) in [7, 11) is 2.06. The van der Waals surface area contributed by atoms with Gasteiger partial charge in [-0.05, 0) is 26.1 Å². The van der Waals surface area contributed by atoms with Gasteiger partial charge in [0.2, 0.25) is 0 Å². The third kappa shape index (κ3) is 2.36. The average molecular weight is 208 g/mol. The first-order valence-electron chi connectivity index (χ1n) is 5.44. The summed E-state index contributed by atoms with van der Waals surface area (Å²) in [6.07, 6.45) is 0.970. The Morgan fingerprint density at radius 3 is 2.93 bits per heavy atom. The van der Waals surface area contributed by atoms with Gasteiger partial charge in [0.25, 0.3) is 0 Å². The van der Waals surface area contributed by atoms with E-state index in [1.165, 1.54) is 0 Å². The summed E-state index contributed by atoms with van der Waals surface area (Å²) in [5.74, 6) is -0.0868. The van der Waals surface area contributed by atoms with E-state index >= 15 is 0 Å². The molecule has 1 atom stereocenters. The minimum Gasteiger partial charge on any atom is -0.315 e. The van der Waals surface area contributed by atoms with E-state index in [0.717, 1.165) is 31.6 Å². The molecule has 0 aliphatic carbocycles. The van der Waals surface area contributed by atoms with E-state index in [0.29, 0.717) is 0 Å². The Morgan fingerprint density at radius 2 is 2.13 bits per heavy atom. The van der Waals surface area contributed by atoms with Crippen LogP contribution in [0.25, 0.3) is 0 Å². The molecule has 1 aromatic carbocycles. The van der Waals surface area contributed by atoms with Crippen LogP contribution in [-0.2, 0) is 0 Å². The van der Waals surface area contributed by atoms with Crippen LogP contribution < -0.4 is 5.32 Å². The summed E-state index contributed by atoms with van der Waals surface area (Å²) in [5, 5.41) is 3.33. The van der Waals surface area contributed by atoms with E-state index in [-0.39, 0.29) is 11.9 Å². The van der Waals surface area contributed by atoms with Gasteiger partial charge in [0.1, 0.15) is 5.82 Å². The zero-order valence-corrected chi connectivity index (χ0v) is 9.04. The Balaban J connectivity index is 2.24. The fourth-order valence-corrected chi connectivity index (χ4v) is 2.13. The minimum absolute atomic E-state index is 0.0868. The quantitative estimate of drug-likeness (QED) is 0.757. The molecular weight excluding hydrogens is 191 g/mol. The highest BCUT2D eigenvalue weighted by molar-refractivity contribution is 5.21. The van der Waals surface area contributed by atoms with E-state index in [9.17, 15) is 4.39 Å². The van der Waals surface area contributed by atoms with Gasteiger partial charge in [0.15, 0.2) is 0 Å². The van der Waals surface area contributed by atoms with Gasteiger partial charge >= 0.3 is 0 Å². The molecule has 1 aromatic rings. The zero-order valence-electron chi connectivity index (χ0n) is 9.04. The summed E-state index contributed by atoms with van der Waals surface area (Å²) in [6, 6.07) is 7.29. The molecule has 0 aromatic heterocycles. The number of nitrogens with zero attached hydrogens (tertiary/aromatic N) is 1. The molecule has 1 aliphatic heterocycles. The maximum absolute atomic E-state index is 13.6. The lowest BCUT2D eigenvalue weighted by Gasteiger charge is -2.25. The lowest BCUT2D eigenvalue weighted by atomic mass is 10.0. The van der Waals surface area contributed by atoms with E-state index < -0.39 is 0 Å². The fourth-order valence-electron chi connectivity index (χ4n) is 2.13. The number of rotatable bonds is 1. The molecule has 1 N–H and O–H groups in total. The third-order valence-electron chi connectivity index (χ3n) is 3.03. The van der Waals surface area contributed by atoms with Gasteiger partial charge in [0, 0.05) is 24.7 Å². The average Bonchev–Trinajstić information content (AvgIpc) is 2.44. The van der Waals surface area contributed by atoms with Crippen LogP contribution in [-0.4, -0.2) is 31.6 Å². The third-order valence-corrected chi connectivity index (χ3v) is 3.03. The Morgan fingerprint density at radius 1 is 1.33 bits per heavy atom. The van der Waals surface area contributed by atoms with Crippen molar-refractivity contribution in [1.29, 1.82) is 0 Å². The molecule has 0 spiro atoms. The molecule has 0 saturated carbocycles. The highest BCUT2D eigenvalue weighted by Crippen LogP contribution is 2.25. The fraction of sp³-hybridized carbons (Fsp3) is 0.500. The molecule has 0 amide bonds. The van der Waals surface area contributed by atoms with Crippen molar-refractivity contribution >= 4 is 0 Å². The zero-order chi connectivity index (χ0) is 10.7. The van der Waals surface area contributed by atoms with E-state index in [1.807, 2.05) is 12.1 Å². The van der Waals surface area contributed by atoms with Gasteiger partial charge in [-0.3, -0.25) is 4.90 Å². The van der Waals surface area contributed by atoms with Crippen molar-refractivity contribution in [3.05, 3.63) is 35.6 Å². The summed E-state index contributed by atoms with van der Waals surface area (Å²) in [5.41, 5.74) is 0.823. The number of likely N-dealkylation sites (N-methyl/N-ethyl adjacent to an activating group) is 1. The maximum Gasteiger partial charge on any atom is 0.127 e. The number of benzene rings is 1. The van der Waals surface area contributed by atoms with Crippen molar-refractivity contribution in [1.82, 2.24) is 10.2 Å². The molecule has 0 radical (unpaired) electrons. The minimum atomic E-state index is -0.0868. The van der Waals surface area contributed by atoms with E-state index in [1.54, 1.807) is 12.1 Å². The molecule has 1 heterocycles. The predicted molar refractivity (Wildman–Crippen MR) is 59.3 cm³/mol. The number of hydrogen-bond donors (Lipinski definition) is 1. The van der Waals surface area contributed by atoms with Crippen LogP contribution >= 0.6 is 0 Å². The molecule has 0 bridgehead atoms. The molecule has 1 unspecified atom stereocenters. The van der Waals surface area contributed by atoms with Gasteiger partial charge in [0.05, 0.1) is 0 Å². The van der Waals surface area contributed by atoms with Gasteiger partial charge in [-0.2, -0.15) is 0 Å². The van der Waals surface area contributed by atoms with Crippen LogP contribution in [0.15, 0.2) is 24.3 Å². The van der Waals surface area contributed by atoms with Gasteiger partial charge < -0.3 is 5.32 Å². The number of nitrogens with one attached hydrogen (secondary N) is 1. The summed E-state index contributed by atoms with van der Waals surface area (Å²) >= 11 is 0. The summed E-state index contributed by atoms with van der Waals surface area (Å²) in [6.45, 7) is 2.92. The van der Waals surface area contributed by atoms with Gasteiger partial charge in [-0.25, -0.2) is 4.39 Å². The van der Waals surface area contributed by atoms with Crippen molar-refractivity contribution in [2.45, 2.75) is 12.5 Å². The molecular formula is C12H17FN2. The van der Waals surface area contributed by atoms with Crippen LogP contribution in [0.2, 0.25) is 0 Å². The van der Waals surface area contributed by atoms with E-state index in [4.69, 9.17) is 0 Å². The summed E-state index contributed by atoms with van der Waals surface area (Å²) < 4.78 is 13.6. The van der Waals surface area contributed by atoms with Gasteiger partial charge in [-0.1, -0.05) is 18.2 Å². The van der Waals surface area contributed by atoms with Crippen molar-refractivity contribution in [2.75, 3.05) is 26.7 Å². The van der Waals surface area contributed by atoms with Crippen LogP contribution in [0.5, 0.6) is 0 Å². The Labute approximate surface area is 90.1 Å². The van der Waals surface area contributed by atoms with E-state index in [2.05, 4.69) is 17.3 Å². The first-order valence-corrected chi connectivity index (χ1v) is 5.44. The first-order chi connectivity index (χ1) is 7.29. The monoisotopic (exact) mass is 208 g/mol. The molecule has 2 rings (SSSR count). The van der Waals surface area contributed by atoms with Gasteiger partial charge in [-0.15, -0.1) is 0 Å². The Bertz CT molecular complexity index is 327. The second-order valence-electron chi connectivity index (χ2n) is 4.06. The second-order valence-corrected chi connectivity index (χ2v) is 4.06. The number of halogens is 1. The Kier molecular flexibility index (Phi) is 3.34. The molecule has 82 valence electrons. The predicted octanol–water partition coefficient (Wildman–Crippen LogP) is 1.79. The maximum atomic E-state index is 13.6. The smallest absolute Gasteiger partial charge is 0.127 e. The second kappa shape index (κ2) is 4.73. The van der Waals surface area contributed by atoms with Crippen LogP contribution in [0.3, 0.4) is 0 Å². The number of hydrogen-bond acceptors (Lipinski definition) is 2. The van der Waals surface area contributed by atoms with Crippen LogP contribution in [0.4, 0.5) is 4.39 Å². The normalized spacial score (nSPS) is 23.7. The molecule has 15 heavy (non-hydrogen) atoms. The van der Waals surface area contributed by atoms with Crippen LogP contribution in [0.1, 0.15) is 18.0 Å². The molecule has 2 nitrogen and oxygen atoms in total. The largest absolute Gasteiger partial charge is 0.315 e. The van der Waals surface area contributed by atoms with Crippen molar-refractivity contribution in [2.24, 2.45) is 0 Å². The molecule has 1 saturated heterocycles. The van der Waals surface area contributed by atoms with Crippen molar-refractivity contribution in [3.63, 3.8) is 0 Å². The standard InChI is InChI=1S/C12H17FN2/c1-15-9-8-14-7-6-12(15)10-4-2-3-5-11(10)13/h2-5,12,14H,6-9H2,1H3. The highest BCUT2D eigenvalue weighted by Gasteiger charge is 2.21. The molecule has 1 aliphatic rings. The Hall–Kier alpha value is -0.930. The first kappa shape index (κ1) is 10.6.